The third kappa shape index (κ3) is 4.10. The summed E-state index contributed by atoms with van der Waals surface area (Å²) in [6, 6.07) is 2.46. The van der Waals surface area contributed by atoms with Crippen molar-refractivity contribution in [3.05, 3.63) is 23.5 Å². The summed E-state index contributed by atoms with van der Waals surface area (Å²) in [5.41, 5.74) is -0.771. The number of rotatable bonds is 6. The molecule has 9 nitrogen and oxygen atoms in total. The van der Waals surface area contributed by atoms with Gasteiger partial charge in [-0.25, -0.2) is 9.78 Å². The zero-order valence-corrected chi connectivity index (χ0v) is 15.3. The molecule has 140 valence electrons. The molecule has 1 aliphatic rings. The van der Waals surface area contributed by atoms with E-state index in [-0.39, 0.29) is 10.8 Å². The van der Waals surface area contributed by atoms with E-state index < -0.39 is 42.0 Å². The Morgan fingerprint density at radius 2 is 2.15 bits per heavy atom. The van der Waals surface area contributed by atoms with E-state index in [1.807, 2.05) is 0 Å². The van der Waals surface area contributed by atoms with Crippen LogP contribution in [0.3, 0.4) is 0 Å². The van der Waals surface area contributed by atoms with Gasteiger partial charge in [0.2, 0.25) is 0 Å². The molecule has 2 rings (SSSR count). The van der Waals surface area contributed by atoms with Crippen molar-refractivity contribution in [2.45, 2.75) is 38.8 Å². The van der Waals surface area contributed by atoms with E-state index in [4.69, 9.17) is 16.3 Å². The predicted octanol–water partition coefficient (Wildman–Crippen LogP) is 1.33. The molecule has 1 aromatic heterocycles. The molecular weight excluding hydrogens is 364 g/mol. The summed E-state index contributed by atoms with van der Waals surface area (Å²) in [5.74, 6) is -2.01. The molecule has 1 aliphatic heterocycles. The molecule has 0 unspecified atom stereocenters. The summed E-state index contributed by atoms with van der Waals surface area (Å²) in [6.07, 6.45) is 0.689. The lowest BCUT2D eigenvalue weighted by Gasteiger charge is -2.19. The fraction of sp³-hybridized carbons (Fsp3) is 0.438. The van der Waals surface area contributed by atoms with E-state index in [2.05, 4.69) is 15.6 Å². The molecule has 2 atom stereocenters. The number of halogens is 1. The van der Waals surface area contributed by atoms with Crippen LogP contribution >= 0.6 is 11.6 Å². The molecule has 0 spiro atoms. The molecule has 26 heavy (non-hydrogen) atoms. The second kappa shape index (κ2) is 7.69. The van der Waals surface area contributed by atoms with Crippen LogP contribution in [-0.2, 0) is 19.1 Å². The molecule has 10 heteroatoms. The molecule has 0 aromatic carbocycles. The Morgan fingerprint density at radius 3 is 2.73 bits per heavy atom. The Hall–Kier alpha value is -2.68. The number of anilines is 1. The lowest BCUT2D eigenvalue weighted by Crippen LogP contribution is -2.44. The average molecular weight is 383 g/mol. The highest BCUT2D eigenvalue weighted by Gasteiger charge is 2.47. The van der Waals surface area contributed by atoms with Gasteiger partial charge in [0.15, 0.2) is 11.3 Å². The number of nitrogens with zero attached hydrogens (tertiary/aromatic N) is 2. The van der Waals surface area contributed by atoms with Gasteiger partial charge in [-0.2, -0.15) is 0 Å². The first-order valence-corrected chi connectivity index (χ1v) is 8.30. The summed E-state index contributed by atoms with van der Waals surface area (Å²) in [7, 11) is 0. The molecule has 0 radical (unpaired) electrons. The zero-order chi connectivity index (χ0) is 19.5. The lowest BCUT2D eigenvalue weighted by molar-refractivity contribution is -0.155. The summed E-state index contributed by atoms with van der Waals surface area (Å²) < 4.78 is 5.00. The number of aromatic nitrogens is 1. The Morgan fingerprint density at radius 1 is 1.46 bits per heavy atom. The third-order valence-electron chi connectivity index (χ3n) is 4.03. The van der Waals surface area contributed by atoms with Gasteiger partial charge in [0.05, 0.1) is 5.69 Å². The van der Waals surface area contributed by atoms with E-state index in [0.717, 1.165) is 4.90 Å². The number of carbonyl (C=O) groups excluding carboxylic acids is 4. The number of imide groups is 1. The number of pyridine rings is 1. The van der Waals surface area contributed by atoms with Crippen molar-refractivity contribution < 1.29 is 23.9 Å². The normalized spacial score (nSPS) is 20.5. The highest BCUT2D eigenvalue weighted by molar-refractivity contribution is 6.32. The Balaban J connectivity index is 1.93. The number of carbonyl (C=O) groups is 4. The van der Waals surface area contributed by atoms with Crippen molar-refractivity contribution in [3.63, 3.8) is 0 Å². The topological polar surface area (TPSA) is 118 Å². The minimum Gasteiger partial charge on any atom is -0.451 e. The van der Waals surface area contributed by atoms with Crippen LogP contribution in [0.25, 0.3) is 0 Å². The first kappa shape index (κ1) is 19.6. The average Bonchev–Trinajstić information content (AvgIpc) is 2.80. The molecule has 1 aromatic rings. The SMILES string of the molecule is CC[C@@]1(C)NC(=O)N(CC(=O)O[C@@H](C)C(=O)Nc2cccnc2Cl)C1=O. The number of hydrogen-bond donors (Lipinski definition) is 2. The van der Waals surface area contributed by atoms with E-state index >= 15 is 0 Å². The Bertz CT molecular complexity index is 756. The quantitative estimate of drug-likeness (QED) is 0.435. The van der Waals surface area contributed by atoms with Crippen molar-refractivity contribution in [1.82, 2.24) is 15.2 Å². The van der Waals surface area contributed by atoms with Crippen LogP contribution in [-0.4, -0.2) is 51.9 Å². The largest absolute Gasteiger partial charge is 0.451 e. The highest BCUT2D eigenvalue weighted by Crippen LogP contribution is 2.21. The smallest absolute Gasteiger partial charge is 0.327 e. The molecule has 1 saturated heterocycles. The molecule has 0 saturated carbocycles. The van der Waals surface area contributed by atoms with E-state index in [1.165, 1.54) is 13.1 Å². The van der Waals surface area contributed by atoms with Crippen LogP contribution in [0, 0.1) is 0 Å². The Labute approximate surface area is 155 Å². The maximum atomic E-state index is 12.2. The monoisotopic (exact) mass is 382 g/mol. The number of hydrogen-bond acceptors (Lipinski definition) is 6. The first-order chi connectivity index (χ1) is 12.2. The Kier molecular flexibility index (Phi) is 5.81. The van der Waals surface area contributed by atoms with Crippen LogP contribution in [0.2, 0.25) is 5.15 Å². The third-order valence-corrected chi connectivity index (χ3v) is 4.34. The molecule has 0 bridgehead atoms. The molecule has 2 heterocycles. The molecule has 4 amide bonds. The van der Waals surface area contributed by atoms with Crippen molar-refractivity contribution in [2.75, 3.05) is 11.9 Å². The molecule has 0 aliphatic carbocycles. The summed E-state index contributed by atoms with van der Waals surface area (Å²) in [6.45, 7) is 4.10. The van der Waals surface area contributed by atoms with Crippen molar-refractivity contribution in [3.8, 4) is 0 Å². The summed E-state index contributed by atoms with van der Waals surface area (Å²) in [4.78, 5) is 52.8. The minimum absolute atomic E-state index is 0.0950. The van der Waals surface area contributed by atoms with Gasteiger partial charge in [-0.3, -0.25) is 19.3 Å². The van der Waals surface area contributed by atoms with Gasteiger partial charge < -0.3 is 15.4 Å². The van der Waals surface area contributed by atoms with Crippen molar-refractivity contribution >= 4 is 41.1 Å². The second-order valence-electron chi connectivity index (χ2n) is 5.97. The van der Waals surface area contributed by atoms with E-state index in [1.54, 1.807) is 26.0 Å². The van der Waals surface area contributed by atoms with Gasteiger partial charge in [-0.05, 0) is 32.4 Å². The van der Waals surface area contributed by atoms with Gasteiger partial charge in [0.25, 0.3) is 11.8 Å². The lowest BCUT2D eigenvalue weighted by atomic mass is 9.99. The maximum absolute atomic E-state index is 12.2. The number of amides is 4. The fourth-order valence-corrected chi connectivity index (χ4v) is 2.43. The van der Waals surface area contributed by atoms with Gasteiger partial charge in [0, 0.05) is 6.20 Å². The maximum Gasteiger partial charge on any atom is 0.327 e. The van der Waals surface area contributed by atoms with Crippen LogP contribution in [0.1, 0.15) is 27.2 Å². The van der Waals surface area contributed by atoms with E-state index in [9.17, 15) is 19.2 Å². The van der Waals surface area contributed by atoms with Gasteiger partial charge in [-0.15, -0.1) is 0 Å². The van der Waals surface area contributed by atoms with Gasteiger partial charge in [-0.1, -0.05) is 18.5 Å². The summed E-state index contributed by atoms with van der Waals surface area (Å²) in [5, 5.41) is 5.10. The van der Waals surface area contributed by atoms with Crippen molar-refractivity contribution in [1.29, 1.82) is 0 Å². The van der Waals surface area contributed by atoms with Gasteiger partial charge >= 0.3 is 12.0 Å². The standard InChI is InChI=1S/C16H19ClN4O5/c1-4-16(3)14(24)21(15(25)20-16)8-11(22)26-9(2)13(23)19-10-6-5-7-18-12(10)17/h5-7,9H,4,8H2,1-3H3,(H,19,23)(H,20,25)/t9-,16+/m0/s1. The van der Waals surface area contributed by atoms with Gasteiger partial charge in [0.1, 0.15) is 12.1 Å². The first-order valence-electron chi connectivity index (χ1n) is 7.93. The molecular formula is C16H19ClN4O5. The number of urea groups is 1. The molecule has 2 N–H and O–H groups in total. The van der Waals surface area contributed by atoms with E-state index in [0.29, 0.717) is 6.42 Å². The zero-order valence-electron chi connectivity index (χ0n) is 14.5. The summed E-state index contributed by atoms with van der Waals surface area (Å²) >= 11 is 5.84. The second-order valence-corrected chi connectivity index (χ2v) is 6.33. The number of esters is 1. The predicted molar refractivity (Wildman–Crippen MR) is 92.4 cm³/mol. The highest BCUT2D eigenvalue weighted by atomic mass is 35.5. The molecule has 1 fully saturated rings. The minimum atomic E-state index is -1.16. The number of nitrogens with one attached hydrogen (secondary N) is 2. The van der Waals surface area contributed by atoms with Crippen LogP contribution in [0.15, 0.2) is 18.3 Å². The van der Waals surface area contributed by atoms with Crippen LogP contribution < -0.4 is 10.6 Å². The number of ether oxygens (including phenoxy) is 1. The van der Waals surface area contributed by atoms with Crippen LogP contribution in [0.5, 0.6) is 0 Å². The fourth-order valence-electron chi connectivity index (χ4n) is 2.26. The van der Waals surface area contributed by atoms with Crippen LogP contribution in [0.4, 0.5) is 10.5 Å². The van der Waals surface area contributed by atoms with Crippen molar-refractivity contribution in [2.24, 2.45) is 0 Å².